The van der Waals surface area contributed by atoms with E-state index in [2.05, 4.69) is 10.3 Å². The fourth-order valence-corrected chi connectivity index (χ4v) is 2.89. The Labute approximate surface area is 165 Å². The first-order chi connectivity index (χ1) is 11.6. The molecule has 2 fully saturated rings. The number of hydrogen-bond donors (Lipinski definition) is 1. The van der Waals surface area contributed by atoms with Crippen LogP contribution in [0.3, 0.4) is 0 Å². The van der Waals surface area contributed by atoms with Gasteiger partial charge in [-0.2, -0.15) is 0 Å². The fraction of sp³-hybridized carbons (Fsp3) is 0.611. The van der Waals surface area contributed by atoms with Crippen LogP contribution >= 0.6 is 24.0 Å². The molecular weight excluding hydrogens is 439 g/mol. The molecule has 4 nitrogen and oxygen atoms in total. The van der Waals surface area contributed by atoms with Gasteiger partial charge in [0, 0.05) is 44.8 Å². The van der Waals surface area contributed by atoms with Crippen molar-refractivity contribution in [1.29, 1.82) is 0 Å². The molecule has 1 aromatic rings. The number of rotatable bonds is 7. The molecule has 25 heavy (non-hydrogen) atoms. The smallest absolute Gasteiger partial charge is 0.193 e. The van der Waals surface area contributed by atoms with E-state index >= 15 is 0 Å². The van der Waals surface area contributed by atoms with E-state index in [1.807, 2.05) is 11.9 Å². The van der Waals surface area contributed by atoms with Crippen molar-refractivity contribution in [2.45, 2.75) is 31.2 Å². The average Bonchev–Trinajstić information content (AvgIpc) is 3.46. The van der Waals surface area contributed by atoms with E-state index < -0.39 is 11.6 Å². The Morgan fingerprint density at radius 3 is 2.60 bits per heavy atom. The molecule has 2 aliphatic carbocycles. The molecule has 0 saturated heterocycles. The highest BCUT2D eigenvalue weighted by molar-refractivity contribution is 14.0. The summed E-state index contributed by atoms with van der Waals surface area (Å²) >= 11 is 0. The minimum Gasteiger partial charge on any atom is -0.379 e. The van der Waals surface area contributed by atoms with Crippen molar-refractivity contribution in [2.75, 3.05) is 33.9 Å². The molecule has 0 bridgehead atoms. The van der Waals surface area contributed by atoms with Crippen molar-refractivity contribution in [3.63, 3.8) is 0 Å². The van der Waals surface area contributed by atoms with Gasteiger partial charge in [-0.1, -0.05) is 6.07 Å². The number of nitrogens with one attached hydrogen (secondary N) is 1. The molecule has 7 heteroatoms. The number of ether oxygens (including phenoxy) is 1. The molecule has 140 valence electrons. The fourth-order valence-electron chi connectivity index (χ4n) is 2.89. The molecular formula is C18H26F2IN3O. The van der Waals surface area contributed by atoms with Crippen LogP contribution in [-0.4, -0.2) is 50.8 Å². The highest BCUT2D eigenvalue weighted by Gasteiger charge is 2.42. The van der Waals surface area contributed by atoms with Crippen LogP contribution < -0.4 is 5.32 Å². The summed E-state index contributed by atoms with van der Waals surface area (Å²) in [4.78, 5) is 6.24. The third-order valence-electron chi connectivity index (χ3n) is 4.67. The van der Waals surface area contributed by atoms with Gasteiger partial charge < -0.3 is 15.0 Å². The van der Waals surface area contributed by atoms with Crippen LogP contribution in [0.1, 0.15) is 30.7 Å². The van der Waals surface area contributed by atoms with Crippen LogP contribution in [0, 0.1) is 17.6 Å². The largest absolute Gasteiger partial charge is 0.379 e. The summed E-state index contributed by atoms with van der Waals surface area (Å²) in [6.45, 7) is 2.23. The Morgan fingerprint density at radius 2 is 2.00 bits per heavy atom. The summed E-state index contributed by atoms with van der Waals surface area (Å²) in [7, 11) is 3.65. The Balaban J connectivity index is 0.00000225. The maximum absolute atomic E-state index is 13.8. The Morgan fingerprint density at radius 1 is 1.32 bits per heavy atom. The number of nitrogens with zero attached hydrogens (tertiary/aromatic N) is 2. The highest BCUT2D eigenvalue weighted by Crippen LogP contribution is 2.43. The summed E-state index contributed by atoms with van der Waals surface area (Å²) in [5.74, 6) is 0.412. The van der Waals surface area contributed by atoms with Gasteiger partial charge >= 0.3 is 0 Å². The lowest BCUT2D eigenvalue weighted by Crippen LogP contribution is -2.42. The van der Waals surface area contributed by atoms with Gasteiger partial charge in [0.1, 0.15) is 11.6 Å². The number of guanidine groups is 1. The van der Waals surface area contributed by atoms with Crippen LogP contribution in [0.5, 0.6) is 0 Å². The summed E-state index contributed by atoms with van der Waals surface area (Å²) < 4.78 is 33.3. The Hall–Kier alpha value is -0.960. The van der Waals surface area contributed by atoms with Gasteiger partial charge in [-0.05, 0) is 37.3 Å². The average molecular weight is 465 g/mol. The van der Waals surface area contributed by atoms with Gasteiger partial charge in [0.25, 0.3) is 0 Å². The molecule has 2 aliphatic rings. The molecule has 2 atom stereocenters. The number of aliphatic imine (C=N–C) groups is 1. The number of likely N-dealkylation sites (N-methyl/N-ethyl adjacent to an activating group) is 1. The third kappa shape index (κ3) is 5.51. The van der Waals surface area contributed by atoms with Gasteiger partial charge in [-0.3, -0.25) is 4.99 Å². The van der Waals surface area contributed by atoms with Gasteiger partial charge in [0.05, 0.1) is 6.61 Å². The van der Waals surface area contributed by atoms with E-state index in [4.69, 9.17) is 4.74 Å². The quantitative estimate of drug-likeness (QED) is 0.291. The second kappa shape index (κ2) is 9.12. The SMILES string of the molecule is CN=C(NC1CC1c1c(F)cccc1F)N(C)CCOCC1CC1.I. The number of halogens is 3. The maximum atomic E-state index is 13.8. The minimum absolute atomic E-state index is 0. The lowest BCUT2D eigenvalue weighted by molar-refractivity contribution is 0.115. The van der Waals surface area contributed by atoms with Crippen molar-refractivity contribution in [3.8, 4) is 0 Å². The lowest BCUT2D eigenvalue weighted by atomic mass is 10.1. The molecule has 0 aromatic heterocycles. The first-order valence-electron chi connectivity index (χ1n) is 8.56. The van der Waals surface area contributed by atoms with E-state index in [1.54, 1.807) is 7.05 Å². The number of hydrogen-bond acceptors (Lipinski definition) is 2. The standard InChI is InChI=1S/C18H25F2N3O.HI/c1-21-18(23(2)8-9-24-11-12-6-7-12)22-16-10-13(16)17-14(19)4-3-5-15(17)20;/h3-5,12-13,16H,6-11H2,1-2H3,(H,21,22);1H. The van der Waals surface area contributed by atoms with E-state index in [0.29, 0.717) is 13.0 Å². The van der Waals surface area contributed by atoms with Crippen molar-refractivity contribution >= 4 is 29.9 Å². The van der Waals surface area contributed by atoms with Crippen LogP contribution in [0.25, 0.3) is 0 Å². The monoisotopic (exact) mass is 465 g/mol. The van der Waals surface area contributed by atoms with Crippen molar-refractivity contribution < 1.29 is 13.5 Å². The molecule has 0 heterocycles. The Bertz CT molecular complexity index is 590. The zero-order chi connectivity index (χ0) is 17.1. The second-order valence-corrected chi connectivity index (χ2v) is 6.72. The van der Waals surface area contributed by atoms with Crippen molar-refractivity contribution in [1.82, 2.24) is 10.2 Å². The van der Waals surface area contributed by atoms with Crippen molar-refractivity contribution in [2.24, 2.45) is 10.9 Å². The van der Waals surface area contributed by atoms with Crippen LogP contribution in [0.2, 0.25) is 0 Å². The lowest BCUT2D eigenvalue weighted by Gasteiger charge is -2.22. The molecule has 2 unspecified atom stereocenters. The maximum Gasteiger partial charge on any atom is 0.193 e. The molecule has 2 saturated carbocycles. The zero-order valence-electron chi connectivity index (χ0n) is 14.7. The second-order valence-electron chi connectivity index (χ2n) is 6.72. The molecule has 1 N–H and O–H groups in total. The Kier molecular flexibility index (Phi) is 7.42. The first-order valence-corrected chi connectivity index (χ1v) is 8.56. The predicted molar refractivity (Wildman–Crippen MR) is 106 cm³/mol. The van der Waals surface area contributed by atoms with E-state index in [-0.39, 0.29) is 41.5 Å². The van der Waals surface area contributed by atoms with Crippen molar-refractivity contribution in [3.05, 3.63) is 35.4 Å². The van der Waals surface area contributed by atoms with Crippen LogP contribution in [0.15, 0.2) is 23.2 Å². The predicted octanol–water partition coefficient (Wildman–Crippen LogP) is 3.37. The first kappa shape index (κ1) is 20.4. The van der Waals surface area contributed by atoms with Gasteiger partial charge in [-0.15, -0.1) is 24.0 Å². The molecule has 3 rings (SSSR count). The topological polar surface area (TPSA) is 36.9 Å². The summed E-state index contributed by atoms with van der Waals surface area (Å²) in [6.07, 6.45) is 3.28. The van der Waals surface area contributed by atoms with Crippen LogP contribution in [-0.2, 0) is 4.74 Å². The molecule has 1 aromatic carbocycles. The molecule has 0 amide bonds. The molecule has 0 radical (unpaired) electrons. The number of benzene rings is 1. The van der Waals surface area contributed by atoms with E-state index in [0.717, 1.165) is 25.0 Å². The highest BCUT2D eigenvalue weighted by atomic mass is 127. The van der Waals surface area contributed by atoms with Gasteiger partial charge in [0.15, 0.2) is 5.96 Å². The zero-order valence-corrected chi connectivity index (χ0v) is 17.0. The van der Waals surface area contributed by atoms with E-state index in [9.17, 15) is 8.78 Å². The molecule has 0 spiro atoms. The van der Waals surface area contributed by atoms with Crippen LogP contribution in [0.4, 0.5) is 8.78 Å². The van der Waals surface area contributed by atoms with Gasteiger partial charge in [0.2, 0.25) is 0 Å². The summed E-state index contributed by atoms with van der Waals surface area (Å²) in [5.41, 5.74) is 0.181. The minimum atomic E-state index is -0.471. The third-order valence-corrected chi connectivity index (χ3v) is 4.67. The molecule has 0 aliphatic heterocycles. The normalized spacial score (nSPS) is 22.3. The van der Waals surface area contributed by atoms with Gasteiger partial charge in [-0.25, -0.2) is 8.78 Å². The van der Waals surface area contributed by atoms with E-state index in [1.165, 1.54) is 31.0 Å². The summed E-state index contributed by atoms with van der Waals surface area (Å²) in [6, 6.07) is 4.04. The summed E-state index contributed by atoms with van der Waals surface area (Å²) in [5, 5.41) is 3.29.